The molecule has 4 rings (SSSR count). The lowest BCUT2D eigenvalue weighted by Gasteiger charge is -2.22. The van der Waals surface area contributed by atoms with Crippen LogP contribution in [-0.4, -0.2) is 17.4 Å². The molecule has 1 aromatic heterocycles. The van der Waals surface area contributed by atoms with Crippen molar-refractivity contribution in [3.05, 3.63) is 103 Å². The van der Waals surface area contributed by atoms with Crippen molar-refractivity contribution >= 4 is 22.4 Å². The molecule has 0 fully saturated rings. The number of amides is 1. The molecule has 1 amide bonds. The Kier molecular flexibility index (Phi) is 5.50. The van der Waals surface area contributed by atoms with E-state index >= 15 is 0 Å². The summed E-state index contributed by atoms with van der Waals surface area (Å²) in [6.45, 7) is 1.50. The number of nitrogens with zero attached hydrogens (tertiary/aromatic N) is 1. The minimum Gasteiger partial charge on any atom is -0.468 e. The highest BCUT2D eigenvalue weighted by molar-refractivity contribution is 5.92. The van der Waals surface area contributed by atoms with E-state index < -0.39 is 0 Å². The van der Waals surface area contributed by atoms with Crippen molar-refractivity contribution in [2.75, 3.05) is 11.9 Å². The molecule has 0 radical (unpaired) electrons. The minimum absolute atomic E-state index is 0.0435. The molecule has 0 spiro atoms. The van der Waals surface area contributed by atoms with Gasteiger partial charge in [0.05, 0.1) is 19.4 Å². The van der Waals surface area contributed by atoms with Crippen LogP contribution >= 0.6 is 0 Å². The fourth-order valence-electron chi connectivity index (χ4n) is 3.39. The fourth-order valence-corrected chi connectivity index (χ4v) is 3.39. The maximum atomic E-state index is 12.6. The molecular weight excluding hydrogens is 348 g/mol. The largest absolute Gasteiger partial charge is 0.468 e. The van der Waals surface area contributed by atoms with Crippen molar-refractivity contribution < 1.29 is 9.21 Å². The Balaban J connectivity index is 1.54. The molecule has 1 heterocycles. The summed E-state index contributed by atoms with van der Waals surface area (Å²) in [6, 6.07) is 27.9. The highest BCUT2D eigenvalue weighted by Crippen LogP contribution is 2.21. The number of rotatable bonds is 7. The lowest BCUT2D eigenvalue weighted by Crippen LogP contribution is -2.32. The molecule has 4 heteroatoms. The van der Waals surface area contributed by atoms with E-state index in [0.717, 1.165) is 11.4 Å². The number of para-hydroxylation sites is 1. The van der Waals surface area contributed by atoms with Gasteiger partial charge in [-0.25, -0.2) is 0 Å². The second-order valence-corrected chi connectivity index (χ2v) is 6.78. The van der Waals surface area contributed by atoms with Crippen LogP contribution in [-0.2, 0) is 17.9 Å². The normalized spacial score (nSPS) is 11.0. The van der Waals surface area contributed by atoms with Crippen molar-refractivity contribution in [2.45, 2.75) is 13.1 Å². The number of furan rings is 1. The van der Waals surface area contributed by atoms with Crippen LogP contribution < -0.4 is 5.32 Å². The SMILES string of the molecule is O=C(CN(Cc1ccco1)Cc1cccc2ccccc12)Nc1ccccc1. The number of benzene rings is 3. The van der Waals surface area contributed by atoms with Crippen LogP contribution in [0.15, 0.2) is 95.6 Å². The predicted molar refractivity (Wildman–Crippen MR) is 112 cm³/mol. The first kappa shape index (κ1) is 18.0. The van der Waals surface area contributed by atoms with E-state index in [2.05, 4.69) is 40.5 Å². The maximum absolute atomic E-state index is 12.6. The molecule has 3 aromatic carbocycles. The smallest absolute Gasteiger partial charge is 0.238 e. The van der Waals surface area contributed by atoms with Crippen molar-refractivity contribution in [1.82, 2.24) is 4.90 Å². The quantitative estimate of drug-likeness (QED) is 0.494. The Morgan fingerprint density at radius 3 is 2.43 bits per heavy atom. The Labute approximate surface area is 164 Å². The Hall–Kier alpha value is -3.37. The van der Waals surface area contributed by atoms with E-state index in [1.165, 1.54) is 16.3 Å². The highest BCUT2D eigenvalue weighted by Gasteiger charge is 2.15. The van der Waals surface area contributed by atoms with Gasteiger partial charge in [-0.05, 0) is 40.6 Å². The van der Waals surface area contributed by atoms with Gasteiger partial charge in [0.25, 0.3) is 0 Å². The van der Waals surface area contributed by atoms with Gasteiger partial charge in [0.1, 0.15) is 5.76 Å². The number of hydrogen-bond donors (Lipinski definition) is 1. The zero-order chi connectivity index (χ0) is 19.2. The molecule has 4 nitrogen and oxygen atoms in total. The summed E-state index contributed by atoms with van der Waals surface area (Å²) in [5.41, 5.74) is 1.99. The average Bonchev–Trinajstić information content (AvgIpc) is 3.22. The van der Waals surface area contributed by atoms with Gasteiger partial charge in [-0.15, -0.1) is 0 Å². The summed E-state index contributed by atoms with van der Waals surface area (Å²) in [5.74, 6) is 0.797. The van der Waals surface area contributed by atoms with Crippen LogP contribution in [0.4, 0.5) is 5.69 Å². The van der Waals surface area contributed by atoms with Gasteiger partial charge in [-0.2, -0.15) is 0 Å². The molecule has 0 saturated heterocycles. The molecule has 28 heavy (non-hydrogen) atoms. The van der Waals surface area contributed by atoms with Crippen LogP contribution in [0.25, 0.3) is 10.8 Å². The molecule has 0 aliphatic rings. The average molecular weight is 370 g/mol. The maximum Gasteiger partial charge on any atom is 0.238 e. The molecule has 0 saturated carbocycles. The number of anilines is 1. The number of fused-ring (bicyclic) bond motifs is 1. The summed E-state index contributed by atoms with van der Waals surface area (Å²) in [7, 11) is 0. The monoisotopic (exact) mass is 370 g/mol. The number of hydrogen-bond acceptors (Lipinski definition) is 3. The minimum atomic E-state index is -0.0435. The molecule has 0 unspecified atom stereocenters. The van der Waals surface area contributed by atoms with E-state index in [0.29, 0.717) is 13.1 Å². The first-order chi connectivity index (χ1) is 13.8. The van der Waals surface area contributed by atoms with Crippen LogP contribution in [0.1, 0.15) is 11.3 Å². The summed E-state index contributed by atoms with van der Waals surface area (Å²) in [4.78, 5) is 14.7. The lowest BCUT2D eigenvalue weighted by atomic mass is 10.0. The summed E-state index contributed by atoms with van der Waals surface area (Å²) in [5, 5.41) is 5.37. The fraction of sp³-hybridized carbons (Fsp3) is 0.125. The van der Waals surface area contributed by atoms with E-state index in [4.69, 9.17) is 4.42 Å². The van der Waals surface area contributed by atoms with Crippen LogP contribution in [0.5, 0.6) is 0 Å². The number of carbonyl (C=O) groups is 1. The summed E-state index contributed by atoms with van der Waals surface area (Å²) in [6.07, 6.45) is 1.66. The standard InChI is InChI=1S/C24H22N2O2/c27-24(25-21-11-2-1-3-12-21)18-26(17-22-13-7-15-28-22)16-20-10-6-9-19-8-4-5-14-23(19)20/h1-15H,16-18H2,(H,25,27). The van der Waals surface area contributed by atoms with Crippen LogP contribution in [0.3, 0.4) is 0 Å². The predicted octanol–water partition coefficient (Wildman–Crippen LogP) is 5.07. The van der Waals surface area contributed by atoms with Gasteiger partial charge < -0.3 is 9.73 Å². The van der Waals surface area contributed by atoms with Gasteiger partial charge in [-0.3, -0.25) is 9.69 Å². The first-order valence-electron chi connectivity index (χ1n) is 9.34. The Morgan fingerprint density at radius 1 is 0.821 bits per heavy atom. The molecule has 4 aromatic rings. The van der Waals surface area contributed by atoms with E-state index in [1.807, 2.05) is 54.6 Å². The van der Waals surface area contributed by atoms with E-state index in [1.54, 1.807) is 6.26 Å². The molecule has 0 aliphatic heterocycles. The second-order valence-electron chi connectivity index (χ2n) is 6.78. The molecule has 1 N–H and O–H groups in total. The van der Waals surface area contributed by atoms with Crippen LogP contribution in [0, 0.1) is 0 Å². The molecule has 0 bridgehead atoms. The Morgan fingerprint density at radius 2 is 1.61 bits per heavy atom. The van der Waals surface area contributed by atoms with E-state index in [9.17, 15) is 4.79 Å². The van der Waals surface area contributed by atoms with Crippen molar-refractivity contribution in [3.8, 4) is 0 Å². The van der Waals surface area contributed by atoms with Gasteiger partial charge in [0.2, 0.25) is 5.91 Å². The summed E-state index contributed by atoms with van der Waals surface area (Å²) >= 11 is 0. The lowest BCUT2D eigenvalue weighted by molar-refractivity contribution is -0.117. The van der Waals surface area contributed by atoms with E-state index in [-0.39, 0.29) is 12.5 Å². The van der Waals surface area contributed by atoms with Gasteiger partial charge in [0.15, 0.2) is 0 Å². The molecule has 0 atom stereocenters. The van der Waals surface area contributed by atoms with Crippen molar-refractivity contribution in [3.63, 3.8) is 0 Å². The molecular formula is C24H22N2O2. The summed E-state index contributed by atoms with van der Waals surface area (Å²) < 4.78 is 5.52. The molecule has 140 valence electrons. The second kappa shape index (κ2) is 8.55. The zero-order valence-electron chi connectivity index (χ0n) is 15.5. The zero-order valence-corrected chi connectivity index (χ0v) is 15.5. The third kappa shape index (κ3) is 4.48. The Bertz CT molecular complexity index is 1040. The van der Waals surface area contributed by atoms with Gasteiger partial charge in [-0.1, -0.05) is 60.7 Å². The van der Waals surface area contributed by atoms with Crippen molar-refractivity contribution in [2.24, 2.45) is 0 Å². The van der Waals surface area contributed by atoms with Crippen LogP contribution in [0.2, 0.25) is 0 Å². The van der Waals surface area contributed by atoms with Crippen molar-refractivity contribution in [1.29, 1.82) is 0 Å². The number of carbonyl (C=O) groups excluding carboxylic acids is 1. The number of nitrogens with one attached hydrogen (secondary N) is 1. The third-order valence-corrected chi connectivity index (χ3v) is 4.66. The first-order valence-corrected chi connectivity index (χ1v) is 9.34. The molecule has 0 aliphatic carbocycles. The third-order valence-electron chi connectivity index (χ3n) is 4.66. The topological polar surface area (TPSA) is 45.5 Å². The van der Waals surface area contributed by atoms with Gasteiger partial charge in [0, 0.05) is 12.2 Å². The highest BCUT2D eigenvalue weighted by atomic mass is 16.3. The van der Waals surface area contributed by atoms with Gasteiger partial charge >= 0.3 is 0 Å².